The number of ether oxygens (including phenoxy) is 1. The van der Waals surface area contributed by atoms with Gasteiger partial charge in [-0.15, -0.1) is 0 Å². The Bertz CT molecular complexity index is 1320. The molecular weight excluding hydrogens is 532 g/mol. The molecule has 1 saturated heterocycles. The number of benzene rings is 2. The molecule has 8 nitrogen and oxygen atoms in total. The highest BCUT2D eigenvalue weighted by Gasteiger charge is 2.54. The first-order valence-electron chi connectivity index (χ1n) is 12.6. The largest absolute Gasteiger partial charge is 0.416 e. The van der Waals surface area contributed by atoms with Gasteiger partial charge >= 0.3 is 6.18 Å². The average Bonchev–Trinajstić information content (AvgIpc) is 2.85. The van der Waals surface area contributed by atoms with E-state index < -0.39 is 34.9 Å². The lowest BCUT2D eigenvalue weighted by Gasteiger charge is -2.51. The number of nitrogens with zero attached hydrogens (tertiary/aromatic N) is 4. The van der Waals surface area contributed by atoms with Gasteiger partial charge in [-0.05, 0) is 48.7 Å². The number of aldehydes is 1. The van der Waals surface area contributed by atoms with Crippen LogP contribution in [0.1, 0.15) is 29.5 Å². The third-order valence-corrected chi connectivity index (χ3v) is 7.61. The maximum Gasteiger partial charge on any atom is 0.416 e. The quantitative estimate of drug-likeness (QED) is 0.345. The molecule has 0 radical (unpaired) electrons. The van der Waals surface area contributed by atoms with Gasteiger partial charge in [-0.1, -0.05) is 12.1 Å². The molecule has 0 bridgehead atoms. The minimum absolute atomic E-state index is 0.0491. The highest BCUT2D eigenvalue weighted by Crippen LogP contribution is 2.43. The van der Waals surface area contributed by atoms with Crippen LogP contribution in [0, 0.1) is 23.1 Å². The second-order valence-electron chi connectivity index (χ2n) is 10.3. The first-order valence-corrected chi connectivity index (χ1v) is 12.6. The predicted octanol–water partition coefficient (Wildman–Crippen LogP) is 3.39. The summed E-state index contributed by atoms with van der Waals surface area (Å²) in [6.45, 7) is 0.290. The molecule has 212 valence electrons. The van der Waals surface area contributed by atoms with E-state index in [0.717, 1.165) is 18.2 Å². The van der Waals surface area contributed by atoms with Crippen molar-refractivity contribution in [2.24, 2.45) is 5.92 Å². The van der Waals surface area contributed by atoms with Gasteiger partial charge in [0.15, 0.2) is 0 Å². The van der Waals surface area contributed by atoms with E-state index in [1.54, 1.807) is 11.9 Å². The van der Waals surface area contributed by atoms with Gasteiger partial charge < -0.3 is 24.2 Å². The SMILES string of the molecule is CN(CC(=O)N(Cc1ccc(C(F)(F)F)cc1)C1(C=O)CC(C(=O)N(C)C2COC2)C1)c1ccc(C#N)cc1F. The van der Waals surface area contributed by atoms with Crippen LogP contribution < -0.4 is 4.90 Å². The minimum atomic E-state index is -4.54. The van der Waals surface area contributed by atoms with Crippen molar-refractivity contribution in [3.63, 3.8) is 0 Å². The van der Waals surface area contributed by atoms with E-state index >= 15 is 0 Å². The van der Waals surface area contributed by atoms with Crippen molar-refractivity contribution in [3.05, 3.63) is 65.0 Å². The fraction of sp³-hybridized carbons (Fsp3) is 0.429. The van der Waals surface area contributed by atoms with Crippen molar-refractivity contribution in [1.82, 2.24) is 9.80 Å². The molecule has 1 aliphatic heterocycles. The molecule has 4 rings (SSSR count). The smallest absolute Gasteiger partial charge is 0.377 e. The van der Waals surface area contributed by atoms with Gasteiger partial charge in [0.1, 0.15) is 17.6 Å². The summed E-state index contributed by atoms with van der Waals surface area (Å²) in [6, 6.07) is 9.83. The van der Waals surface area contributed by atoms with Crippen molar-refractivity contribution in [2.45, 2.75) is 37.1 Å². The second kappa shape index (κ2) is 11.3. The molecule has 0 unspecified atom stereocenters. The molecule has 0 N–H and O–H groups in total. The molecule has 2 aromatic carbocycles. The fourth-order valence-corrected chi connectivity index (χ4v) is 5.00. The van der Waals surface area contributed by atoms with Crippen LogP contribution in [0.5, 0.6) is 0 Å². The Labute approximate surface area is 228 Å². The van der Waals surface area contributed by atoms with E-state index in [4.69, 9.17) is 10.00 Å². The third-order valence-electron chi connectivity index (χ3n) is 7.61. The van der Waals surface area contributed by atoms with Crippen LogP contribution in [0.2, 0.25) is 0 Å². The topological polar surface area (TPSA) is 94.0 Å². The standard InChI is InChI=1S/C28H28F4N4O4/c1-34(24-8-5-19(12-33)9-23(24)29)14-25(38)36(13-18-3-6-21(7-4-18)28(30,31)32)27(17-37)10-20(11-27)26(39)35(2)22-15-40-16-22/h3-9,17,20,22H,10-11,13-16H2,1-2H3. The number of alkyl halides is 3. The van der Waals surface area contributed by atoms with E-state index in [1.807, 2.05) is 6.07 Å². The summed E-state index contributed by atoms with van der Waals surface area (Å²) < 4.78 is 58.9. The van der Waals surface area contributed by atoms with Crippen LogP contribution in [-0.2, 0) is 31.8 Å². The van der Waals surface area contributed by atoms with Gasteiger partial charge in [0.05, 0.1) is 48.7 Å². The molecule has 1 saturated carbocycles. The zero-order valence-corrected chi connectivity index (χ0v) is 21.9. The average molecular weight is 561 g/mol. The van der Waals surface area contributed by atoms with Crippen LogP contribution in [0.25, 0.3) is 0 Å². The summed E-state index contributed by atoms with van der Waals surface area (Å²) in [6.07, 6.45) is -3.83. The molecule has 2 amide bonds. The predicted molar refractivity (Wildman–Crippen MR) is 135 cm³/mol. The number of hydrogen-bond donors (Lipinski definition) is 0. The molecule has 2 fully saturated rings. The number of likely N-dealkylation sites (N-methyl/N-ethyl adjacent to an activating group) is 2. The van der Waals surface area contributed by atoms with Crippen molar-refractivity contribution in [1.29, 1.82) is 5.26 Å². The van der Waals surface area contributed by atoms with Gasteiger partial charge in [-0.3, -0.25) is 9.59 Å². The monoisotopic (exact) mass is 560 g/mol. The highest BCUT2D eigenvalue weighted by atomic mass is 19.4. The number of halogens is 4. The number of amides is 2. The third kappa shape index (κ3) is 5.79. The number of nitriles is 1. The Morgan fingerprint density at radius 1 is 1.12 bits per heavy atom. The van der Waals surface area contributed by atoms with Gasteiger partial charge in [0, 0.05) is 26.6 Å². The molecule has 0 atom stereocenters. The molecule has 0 aromatic heterocycles. The molecular formula is C28H28F4N4O4. The number of carbonyl (C=O) groups excluding carboxylic acids is 3. The highest BCUT2D eigenvalue weighted by molar-refractivity contribution is 5.89. The molecule has 40 heavy (non-hydrogen) atoms. The van der Waals surface area contributed by atoms with Crippen molar-refractivity contribution in [2.75, 3.05) is 38.8 Å². The Hall–Kier alpha value is -3.98. The van der Waals surface area contributed by atoms with Crippen LogP contribution in [-0.4, -0.2) is 73.3 Å². The first-order chi connectivity index (χ1) is 18.9. The van der Waals surface area contributed by atoms with Gasteiger partial charge in [0.2, 0.25) is 11.8 Å². The van der Waals surface area contributed by atoms with Crippen LogP contribution in [0.15, 0.2) is 42.5 Å². The second-order valence-corrected chi connectivity index (χ2v) is 10.3. The van der Waals surface area contributed by atoms with Crippen molar-refractivity contribution < 1.29 is 36.7 Å². The zero-order valence-electron chi connectivity index (χ0n) is 21.9. The summed E-state index contributed by atoms with van der Waals surface area (Å²) >= 11 is 0. The van der Waals surface area contributed by atoms with Gasteiger partial charge in [-0.2, -0.15) is 18.4 Å². The number of rotatable bonds is 9. The van der Waals surface area contributed by atoms with Gasteiger partial charge in [-0.25, -0.2) is 4.39 Å². The fourth-order valence-electron chi connectivity index (χ4n) is 5.00. The molecule has 2 aliphatic rings. The van der Waals surface area contributed by atoms with E-state index in [-0.39, 0.29) is 49.1 Å². The molecule has 1 heterocycles. The molecule has 2 aromatic rings. The molecule has 12 heteroatoms. The summed E-state index contributed by atoms with van der Waals surface area (Å²) in [5.74, 6) is -1.99. The maximum atomic E-state index is 14.6. The zero-order chi connectivity index (χ0) is 29.2. The van der Waals surface area contributed by atoms with E-state index in [0.29, 0.717) is 25.1 Å². The minimum Gasteiger partial charge on any atom is -0.377 e. The number of anilines is 1. The van der Waals surface area contributed by atoms with Crippen molar-refractivity contribution >= 4 is 23.8 Å². The lowest BCUT2D eigenvalue weighted by atomic mass is 9.67. The normalized spacial score (nSPS) is 20.5. The summed E-state index contributed by atoms with van der Waals surface area (Å²) in [5, 5.41) is 8.98. The van der Waals surface area contributed by atoms with E-state index in [2.05, 4.69) is 0 Å². The Balaban J connectivity index is 1.57. The first kappa shape index (κ1) is 29.0. The van der Waals surface area contributed by atoms with Crippen LogP contribution in [0.4, 0.5) is 23.2 Å². The van der Waals surface area contributed by atoms with E-state index in [1.165, 1.54) is 41.1 Å². The maximum absolute atomic E-state index is 14.6. The number of hydrogen-bond acceptors (Lipinski definition) is 6. The van der Waals surface area contributed by atoms with Crippen molar-refractivity contribution in [3.8, 4) is 6.07 Å². The van der Waals surface area contributed by atoms with Crippen LogP contribution in [0.3, 0.4) is 0 Å². The van der Waals surface area contributed by atoms with Gasteiger partial charge in [0.25, 0.3) is 0 Å². The summed E-state index contributed by atoms with van der Waals surface area (Å²) in [4.78, 5) is 43.2. The Morgan fingerprint density at radius 2 is 1.77 bits per heavy atom. The molecule has 0 spiro atoms. The summed E-state index contributed by atoms with van der Waals surface area (Å²) in [5.41, 5.74) is -1.71. The lowest BCUT2D eigenvalue weighted by Crippen LogP contribution is -2.64. The Morgan fingerprint density at radius 3 is 2.27 bits per heavy atom. The Kier molecular flexibility index (Phi) is 8.16. The number of carbonyl (C=O) groups is 3. The van der Waals surface area contributed by atoms with Crippen LogP contribution >= 0.6 is 0 Å². The lowest BCUT2D eigenvalue weighted by molar-refractivity contribution is -0.163. The summed E-state index contributed by atoms with van der Waals surface area (Å²) in [7, 11) is 3.12. The molecule has 1 aliphatic carbocycles. The van der Waals surface area contributed by atoms with E-state index in [9.17, 15) is 31.9 Å².